The summed E-state index contributed by atoms with van der Waals surface area (Å²) in [6, 6.07) is 6.41. The molecule has 2 aromatic rings. The number of carbonyl (C=O) groups is 2. The third-order valence-corrected chi connectivity index (χ3v) is 6.44. The summed E-state index contributed by atoms with van der Waals surface area (Å²) in [4.78, 5) is 40.9. The van der Waals surface area contributed by atoms with E-state index in [2.05, 4.69) is 11.4 Å². The lowest BCUT2D eigenvalue weighted by atomic mass is 10.1. The van der Waals surface area contributed by atoms with E-state index in [-0.39, 0.29) is 29.6 Å². The summed E-state index contributed by atoms with van der Waals surface area (Å²) in [7, 11) is 0. The van der Waals surface area contributed by atoms with Gasteiger partial charge in [-0.15, -0.1) is 11.3 Å². The molecule has 2 amide bonds. The standard InChI is InChI=1S/C20H22N4O4S/c25-19(23-9-5-18-14(13-23)6-10-29-18)12-21-15-3-4-17(24(27)28)16(11-15)20(26)22-7-1-2-8-22/h3-4,6,10-11,21H,1-2,5,7-9,12-13H2. The average Bonchev–Trinajstić information content (AvgIpc) is 3.42. The summed E-state index contributed by atoms with van der Waals surface area (Å²) in [6.45, 7) is 2.61. The van der Waals surface area contributed by atoms with Crippen LogP contribution >= 0.6 is 11.3 Å². The topological polar surface area (TPSA) is 95.8 Å². The van der Waals surface area contributed by atoms with Crippen LogP contribution in [0.4, 0.5) is 11.4 Å². The highest BCUT2D eigenvalue weighted by Gasteiger charge is 2.27. The van der Waals surface area contributed by atoms with Crippen molar-refractivity contribution in [2.45, 2.75) is 25.8 Å². The van der Waals surface area contributed by atoms with Gasteiger partial charge in [0.2, 0.25) is 5.91 Å². The molecule has 1 N–H and O–H groups in total. The lowest BCUT2D eigenvalue weighted by Gasteiger charge is -2.27. The fourth-order valence-corrected chi connectivity index (χ4v) is 4.71. The third kappa shape index (κ3) is 4.09. The SMILES string of the molecule is O=C(CNc1ccc([N+](=O)[O-])c(C(=O)N2CCCC2)c1)N1CCc2sccc2C1. The first kappa shape index (κ1) is 19.4. The fourth-order valence-electron chi connectivity index (χ4n) is 3.82. The van der Waals surface area contributed by atoms with Crippen LogP contribution in [0.1, 0.15) is 33.6 Å². The van der Waals surface area contributed by atoms with Crippen LogP contribution in [0, 0.1) is 10.1 Å². The molecule has 0 atom stereocenters. The van der Waals surface area contributed by atoms with Gasteiger partial charge < -0.3 is 15.1 Å². The Kier molecular flexibility index (Phi) is 5.48. The number of amides is 2. The van der Waals surface area contributed by atoms with Crippen molar-refractivity contribution in [2.75, 3.05) is 31.5 Å². The number of thiophene rings is 1. The second-order valence-corrected chi connectivity index (χ2v) is 8.28. The Balaban J connectivity index is 1.44. The Labute approximate surface area is 172 Å². The van der Waals surface area contributed by atoms with Crippen LogP contribution in [0.5, 0.6) is 0 Å². The van der Waals surface area contributed by atoms with Crippen LogP contribution in [0.3, 0.4) is 0 Å². The number of fused-ring (bicyclic) bond motifs is 1. The molecule has 1 saturated heterocycles. The molecule has 2 aliphatic heterocycles. The minimum atomic E-state index is -0.537. The molecule has 0 spiro atoms. The number of nitro groups is 1. The number of hydrogen-bond acceptors (Lipinski definition) is 6. The quantitative estimate of drug-likeness (QED) is 0.600. The van der Waals surface area contributed by atoms with Crippen molar-refractivity contribution in [1.29, 1.82) is 0 Å². The molecule has 8 nitrogen and oxygen atoms in total. The maximum Gasteiger partial charge on any atom is 0.282 e. The van der Waals surface area contributed by atoms with Gasteiger partial charge in [-0.1, -0.05) is 0 Å². The first-order valence-corrected chi connectivity index (χ1v) is 10.6. The minimum Gasteiger partial charge on any atom is -0.376 e. The number of carbonyl (C=O) groups excluding carboxylic acids is 2. The molecule has 0 saturated carbocycles. The molecular formula is C20H22N4O4S. The summed E-state index contributed by atoms with van der Waals surface area (Å²) < 4.78 is 0. The molecule has 9 heteroatoms. The maximum atomic E-state index is 12.7. The summed E-state index contributed by atoms with van der Waals surface area (Å²) >= 11 is 1.72. The number of nitro benzene ring substituents is 1. The van der Waals surface area contributed by atoms with Crippen molar-refractivity contribution in [3.05, 3.63) is 55.8 Å². The Bertz CT molecular complexity index is 952. The van der Waals surface area contributed by atoms with Gasteiger partial charge in [0.05, 0.1) is 11.5 Å². The molecule has 1 aromatic carbocycles. The Morgan fingerprint density at radius 2 is 1.93 bits per heavy atom. The van der Waals surface area contributed by atoms with Gasteiger partial charge in [-0.05, 0) is 48.4 Å². The molecule has 0 bridgehead atoms. The molecule has 0 unspecified atom stereocenters. The van der Waals surface area contributed by atoms with Crippen molar-refractivity contribution >= 4 is 34.5 Å². The number of anilines is 1. The molecule has 1 aromatic heterocycles. The van der Waals surface area contributed by atoms with Gasteiger partial charge in [-0.25, -0.2) is 0 Å². The predicted molar refractivity (Wildman–Crippen MR) is 110 cm³/mol. The van der Waals surface area contributed by atoms with E-state index in [4.69, 9.17) is 0 Å². The van der Waals surface area contributed by atoms with E-state index in [1.807, 2.05) is 10.3 Å². The maximum absolute atomic E-state index is 12.7. The largest absolute Gasteiger partial charge is 0.376 e. The number of nitrogens with one attached hydrogen (secondary N) is 1. The van der Waals surface area contributed by atoms with Crippen LogP contribution in [0.15, 0.2) is 29.6 Å². The highest BCUT2D eigenvalue weighted by Crippen LogP contribution is 2.26. The zero-order valence-electron chi connectivity index (χ0n) is 15.9. The van der Waals surface area contributed by atoms with Crippen LogP contribution in [0.2, 0.25) is 0 Å². The zero-order chi connectivity index (χ0) is 20.4. The van der Waals surface area contributed by atoms with E-state index in [9.17, 15) is 19.7 Å². The number of likely N-dealkylation sites (tertiary alicyclic amines) is 1. The summed E-state index contributed by atoms with van der Waals surface area (Å²) in [5.41, 5.74) is 1.58. The van der Waals surface area contributed by atoms with Crippen molar-refractivity contribution in [1.82, 2.24) is 9.80 Å². The van der Waals surface area contributed by atoms with Gasteiger partial charge >= 0.3 is 0 Å². The number of hydrogen-bond donors (Lipinski definition) is 1. The van der Waals surface area contributed by atoms with E-state index in [1.165, 1.54) is 22.6 Å². The van der Waals surface area contributed by atoms with E-state index >= 15 is 0 Å². The van der Waals surface area contributed by atoms with Crippen molar-refractivity contribution < 1.29 is 14.5 Å². The molecule has 0 aliphatic carbocycles. The average molecular weight is 414 g/mol. The summed E-state index contributed by atoms with van der Waals surface area (Å²) in [5.74, 6) is -0.363. The Hall–Kier alpha value is -2.94. The summed E-state index contributed by atoms with van der Waals surface area (Å²) in [5, 5.41) is 16.4. The van der Waals surface area contributed by atoms with Crippen LogP contribution in [-0.2, 0) is 17.8 Å². The van der Waals surface area contributed by atoms with Gasteiger partial charge in [0.15, 0.2) is 0 Å². The number of rotatable bonds is 5. The first-order valence-electron chi connectivity index (χ1n) is 9.67. The zero-order valence-corrected chi connectivity index (χ0v) is 16.7. The van der Waals surface area contributed by atoms with Crippen molar-refractivity contribution in [3.8, 4) is 0 Å². The Morgan fingerprint density at radius 1 is 1.14 bits per heavy atom. The van der Waals surface area contributed by atoms with E-state index in [0.717, 1.165) is 19.3 Å². The second kappa shape index (κ2) is 8.20. The molecular weight excluding hydrogens is 392 g/mol. The highest BCUT2D eigenvalue weighted by molar-refractivity contribution is 7.10. The minimum absolute atomic E-state index is 0.0346. The van der Waals surface area contributed by atoms with E-state index in [0.29, 0.717) is 31.9 Å². The molecule has 1 fully saturated rings. The third-order valence-electron chi connectivity index (χ3n) is 5.42. The van der Waals surface area contributed by atoms with Crippen LogP contribution in [-0.4, -0.2) is 52.7 Å². The lowest BCUT2D eigenvalue weighted by Crippen LogP contribution is -2.38. The highest BCUT2D eigenvalue weighted by atomic mass is 32.1. The summed E-state index contributed by atoms with van der Waals surface area (Å²) in [6.07, 6.45) is 2.69. The van der Waals surface area contributed by atoms with Gasteiger partial charge in [0.1, 0.15) is 5.56 Å². The second-order valence-electron chi connectivity index (χ2n) is 7.28. The van der Waals surface area contributed by atoms with Gasteiger partial charge in [0.25, 0.3) is 11.6 Å². The molecule has 2 aliphatic rings. The van der Waals surface area contributed by atoms with Crippen molar-refractivity contribution in [3.63, 3.8) is 0 Å². The van der Waals surface area contributed by atoms with Crippen LogP contribution < -0.4 is 5.32 Å². The monoisotopic (exact) mass is 414 g/mol. The molecule has 3 heterocycles. The molecule has 152 valence electrons. The molecule has 29 heavy (non-hydrogen) atoms. The van der Waals surface area contributed by atoms with Gasteiger partial charge in [-0.2, -0.15) is 0 Å². The van der Waals surface area contributed by atoms with Gasteiger partial charge in [0, 0.05) is 42.8 Å². The number of benzene rings is 1. The predicted octanol–water partition coefficient (Wildman–Crippen LogP) is 2.89. The lowest BCUT2D eigenvalue weighted by molar-refractivity contribution is -0.385. The molecule has 0 radical (unpaired) electrons. The van der Waals surface area contributed by atoms with E-state index in [1.54, 1.807) is 22.3 Å². The van der Waals surface area contributed by atoms with E-state index < -0.39 is 4.92 Å². The first-order chi connectivity index (χ1) is 14.0. The Morgan fingerprint density at radius 3 is 2.69 bits per heavy atom. The van der Waals surface area contributed by atoms with Crippen molar-refractivity contribution in [2.24, 2.45) is 0 Å². The number of nitrogens with zero attached hydrogens (tertiary/aromatic N) is 3. The van der Waals surface area contributed by atoms with Crippen LogP contribution in [0.25, 0.3) is 0 Å². The van der Waals surface area contributed by atoms with Gasteiger partial charge in [-0.3, -0.25) is 19.7 Å². The fraction of sp³-hybridized carbons (Fsp3) is 0.400. The normalized spacial score (nSPS) is 15.9. The smallest absolute Gasteiger partial charge is 0.282 e. The molecule has 4 rings (SSSR count).